The van der Waals surface area contributed by atoms with Crippen LogP contribution in [0, 0.1) is 6.92 Å². The van der Waals surface area contributed by atoms with Gasteiger partial charge in [0, 0.05) is 6.20 Å². The maximum Gasteiger partial charge on any atom is 0.229 e. The molecule has 23 heavy (non-hydrogen) atoms. The number of carbonyl (C=O) groups excluding carboxylic acids is 1. The van der Waals surface area contributed by atoms with Gasteiger partial charge in [0.25, 0.3) is 0 Å². The standard InChI is InChI=1S/C20H18N2O/c1-15-6-5-13-21-20(15)22-19(23)14-16-9-11-18(12-10-16)17-7-3-2-4-8-17/h2-13H,14H2,1H3,(H,21,22,23). The number of anilines is 1. The Kier molecular flexibility index (Phi) is 4.48. The second-order valence-electron chi connectivity index (χ2n) is 5.46. The molecule has 1 aromatic heterocycles. The van der Waals surface area contributed by atoms with Crippen molar-refractivity contribution >= 4 is 11.7 Å². The lowest BCUT2D eigenvalue weighted by molar-refractivity contribution is -0.115. The molecule has 0 unspecified atom stereocenters. The van der Waals surface area contributed by atoms with E-state index in [0.717, 1.165) is 16.7 Å². The van der Waals surface area contributed by atoms with Crippen molar-refractivity contribution in [2.75, 3.05) is 5.32 Å². The first-order valence-electron chi connectivity index (χ1n) is 7.58. The van der Waals surface area contributed by atoms with Gasteiger partial charge in [-0.15, -0.1) is 0 Å². The molecule has 0 atom stereocenters. The number of hydrogen-bond acceptors (Lipinski definition) is 2. The molecule has 0 aliphatic rings. The zero-order valence-electron chi connectivity index (χ0n) is 13.0. The minimum absolute atomic E-state index is 0.0562. The molecule has 1 heterocycles. The van der Waals surface area contributed by atoms with Gasteiger partial charge in [-0.3, -0.25) is 4.79 Å². The molecule has 0 saturated heterocycles. The fourth-order valence-corrected chi connectivity index (χ4v) is 2.42. The second kappa shape index (κ2) is 6.88. The lowest BCUT2D eigenvalue weighted by atomic mass is 10.0. The third-order valence-corrected chi connectivity index (χ3v) is 3.69. The monoisotopic (exact) mass is 302 g/mol. The number of carbonyl (C=O) groups is 1. The lowest BCUT2D eigenvalue weighted by Gasteiger charge is -2.07. The molecule has 0 aliphatic carbocycles. The molecule has 1 amide bonds. The van der Waals surface area contributed by atoms with Gasteiger partial charge in [0.1, 0.15) is 5.82 Å². The van der Waals surface area contributed by atoms with E-state index in [1.165, 1.54) is 5.56 Å². The number of nitrogens with zero attached hydrogens (tertiary/aromatic N) is 1. The van der Waals surface area contributed by atoms with Crippen LogP contribution in [0.1, 0.15) is 11.1 Å². The Morgan fingerprint density at radius 1 is 0.913 bits per heavy atom. The lowest BCUT2D eigenvalue weighted by Crippen LogP contribution is -2.16. The molecular formula is C20H18N2O. The van der Waals surface area contributed by atoms with Gasteiger partial charge >= 0.3 is 0 Å². The van der Waals surface area contributed by atoms with E-state index in [-0.39, 0.29) is 5.91 Å². The van der Waals surface area contributed by atoms with Gasteiger partial charge in [0.05, 0.1) is 6.42 Å². The second-order valence-corrected chi connectivity index (χ2v) is 5.46. The van der Waals surface area contributed by atoms with E-state index in [1.54, 1.807) is 6.20 Å². The predicted molar refractivity (Wildman–Crippen MR) is 93.2 cm³/mol. The van der Waals surface area contributed by atoms with Crippen LogP contribution in [-0.4, -0.2) is 10.9 Å². The van der Waals surface area contributed by atoms with Crippen molar-refractivity contribution in [2.45, 2.75) is 13.3 Å². The number of aromatic nitrogens is 1. The van der Waals surface area contributed by atoms with Crippen LogP contribution >= 0.6 is 0 Å². The summed E-state index contributed by atoms with van der Waals surface area (Å²) < 4.78 is 0. The SMILES string of the molecule is Cc1cccnc1NC(=O)Cc1ccc(-c2ccccc2)cc1. The number of nitrogens with one attached hydrogen (secondary N) is 1. The molecule has 114 valence electrons. The van der Waals surface area contributed by atoms with Crippen LogP contribution in [0.5, 0.6) is 0 Å². The summed E-state index contributed by atoms with van der Waals surface area (Å²) in [5.41, 5.74) is 4.26. The Bertz CT molecular complexity index is 795. The number of benzene rings is 2. The van der Waals surface area contributed by atoms with Crippen molar-refractivity contribution in [2.24, 2.45) is 0 Å². The van der Waals surface area contributed by atoms with Gasteiger partial charge in [0.2, 0.25) is 5.91 Å². The van der Waals surface area contributed by atoms with E-state index in [4.69, 9.17) is 0 Å². The summed E-state index contributed by atoms with van der Waals surface area (Å²) in [5, 5.41) is 2.85. The molecule has 1 N–H and O–H groups in total. The Morgan fingerprint density at radius 2 is 1.61 bits per heavy atom. The molecule has 0 radical (unpaired) electrons. The molecule has 3 nitrogen and oxygen atoms in total. The van der Waals surface area contributed by atoms with E-state index >= 15 is 0 Å². The Balaban J connectivity index is 1.66. The first kappa shape index (κ1) is 15.0. The van der Waals surface area contributed by atoms with Crippen LogP contribution < -0.4 is 5.32 Å². The normalized spacial score (nSPS) is 10.3. The highest BCUT2D eigenvalue weighted by molar-refractivity contribution is 5.92. The van der Waals surface area contributed by atoms with Crippen molar-refractivity contribution in [3.05, 3.63) is 84.1 Å². The molecule has 3 aromatic rings. The van der Waals surface area contributed by atoms with Gasteiger partial charge in [0.15, 0.2) is 0 Å². The van der Waals surface area contributed by atoms with Crippen molar-refractivity contribution in [3.8, 4) is 11.1 Å². The van der Waals surface area contributed by atoms with E-state index in [1.807, 2.05) is 61.5 Å². The minimum Gasteiger partial charge on any atom is -0.310 e. The molecule has 0 saturated carbocycles. The van der Waals surface area contributed by atoms with E-state index in [2.05, 4.69) is 22.4 Å². The molecule has 0 aliphatic heterocycles. The third-order valence-electron chi connectivity index (χ3n) is 3.69. The fourth-order valence-electron chi connectivity index (χ4n) is 2.42. The average molecular weight is 302 g/mol. The summed E-state index contributed by atoms with van der Waals surface area (Å²) in [5.74, 6) is 0.567. The summed E-state index contributed by atoms with van der Waals surface area (Å²) in [4.78, 5) is 16.3. The van der Waals surface area contributed by atoms with Crippen molar-refractivity contribution in [1.82, 2.24) is 4.98 Å². The predicted octanol–water partition coefficient (Wildman–Crippen LogP) is 4.24. The van der Waals surface area contributed by atoms with Crippen LogP contribution in [0.2, 0.25) is 0 Å². The first-order chi connectivity index (χ1) is 11.2. The Labute approximate surface area is 136 Å². The van der Waals surface area contributed by atoms with Crippen molar-refractivity contribution < 1.29 is 4.79 Å². The summed E-state index contributed by atoms with van der Waals surface area (Å²) >= 11 is 0. The van der Waals surface area contributed by atoms with Crippen LogP contribution in [0.3, 0.4) is 0 Å². The average Bonchev–Trinajstić information content (AvgIpc) is 2.58. The number of aryl methyl sites for hydroxylation is 1. The summed E-state index contributed by atoms with van der Waals surface area (Å²) in [6.07, 6.45) is 2.02. The molecule has 0 fully saturated rings. The summed E-state index contributed by atoms with van der Waals surface area (Å²) in [6.45, 7) is 1.93. The molecule has 3 heteroatoms. The minimum atomic E-state index is -0.0562. The molecule has 2 aromatic carbocycles. The third kappa shape index (κ3) is 3.83. The van der Waals surface area contributed by atoms with Crippen LogP contribution in [0.25, 0.3) is 11.1 Å². The zero-order chi connectivity index (χ0) is 16.1. The zero-order valence-corrected chi connectivity index (χ0v) is 13.0. The molecular weight excluding hydrogens is 284 g/mol. The Hall–Kier alpha value is -2.94. The number of pyridine rings is 1. The van der Waals surface area contributed by atoms with Crippen LogP contribution in [-0.2, 0) is 11.2 Å². The highest BCUT2D eigenvalue weighted by Gasteiger charge is 2.07. The van der Waals surface area contributed by atoms with E-state index in [9.17, 15) is 4.79 Å². The number of amides is 1. The smallest absolute Gasteiger partial charge is 0.229 e. The summed E-state index contributed by atoms with van der Waals surface area (Å²) in [6, 6.07) is 22.1. The fraction of sp³-hybridized carbons (Fsp3) is 0.100. The molecule has 0 bridgehead atoms. The van der Waals surface area contributed by atoms with Crippen LogP contribution in [0.15, 0.2) is 72.9 Å². The molecule has 0 spiro atoms. The molecule has 3 rings (SSSR count). The number of rotatable bonds is 4. The van der Waals surface area contributed by atoms with Gasteiger partial charge in [-0.05, 0) is 35.2 Å². The number of hydrogen-bond donors (Lipinski definition) is 1. The highest BCUT2D eigenvalue weighted by atomic mass is 16.1. The maximum atomic E-state index is 12.1. The largest absolute Gasteiger partial charge is 0.310 e. The van der Waals surface area contributed by atoms with E-state index in [0.29, 0.717) is 12.2 Å². The van der Waals surface area contributed by atoms with Crippen molar-refractivity contribution in [3.63, 3.8) is 0 Å². The maximum absolute atomic E-state index is 12.1. The highest BCUT2D eigenvalue weighted by Crippen LogP contribution is 2.19. The van der Waals surface area contributed by atoms with Gasteiger partial charge in [-0.2, -0.15) is 0 Å². The first-order valence-corrected chi connectivity index (χ1v) is 7.58. The van der Waals surface area contributed by atoms with Gasteiger partial charge in [-0.1, -0.05) is 60.7 Å². The Morgan fingerprint density at radius 3 is 2.30 bits per heavy atom. The topological polar surface area (TPSA) is 42.0 Å². The summed E-state index contributed by atoms with van der Waals surface area (Å²) in [7, 11) is 0. The van der Waals surface area contributed by atoms with Gasteiger partial charge in [-0.25, -0.2) is 4.98 Å². The van der Waals surface area contributed by atoms with Crippen molar-refractivity contribution in [1.29, 1.82) is 0 Å². The van der Waals surface area contributed by atoms with E-state index < -0.39 is 0 Å². The van der Waals surface area contributed by atoms with Crippen LogP contribution in [0.4, 0.5) is 5.82 Å². The van der Waals surface area contributed by atoms with Gasteiger partial charge < -0.3 is 5.32 Å². The quantitative estimate of drug-likeness (QED) is 0.783.